The molecule has 0 amide bonds. The van der Waals surface area contributed by atoms with Crippen LogP contribution in [0.2, 0.25) is 0 Å². The molecule has 0 spiro atoms. The van der Waals surface area contributed by atoms with Crippen LogP contribution in [0.4, 0.5) is 0 Å². The van der Waals surface area contributed by atoms with Crippen molar-refractivity contribution in [3.63, 3.8) is 0 Å². The van der Waals surface area contributed by atoms with Crippen molar-refractivity contribution in [2.24, 2.45) is 0 Å². The second kappa shape index (κ2) is 43.5. The van der Waals surface area contributed by atoms with Crippen LogP contribution in [-0.4, -0.2) is 80.6 Å². The molecule has 0 saturated carbocycles. The van der Waals surface area contributed by atoms with Crippen molar-refractivity contribution in [3.05, 3.63) is 24.3 Å². The highest BCUT2D eigenvalue weighted by Crippen LogP contribution is 2.15. The van der Waals surface area contributed by atoms with Gasteiger partial charge in [0.15, 0.2) is 12.1 Å². The number of hydrogen-bond acceptors (Lipinski definition) is 6. The van der Waals surface area contributed by atoms with E-state index in [1.165, 1.54) is 154 Å². The van der Waals surface area contributed by atoms with Gasteiger partial charge in [-0.15, -0.1) is 0 Å². The molecule has 0 fully saturated rings. The number of allylic oxidation sites excluding steroid dienone is 4. The number of esters is 2. The summed E-state index contributed by atoms with van der Waals surface area (Å²) < 4.78 is 17.3. The summed E-state index contributed by atoms with van der Waals surface area (Å²) in [4.78, 5) is 37.1. The van der Waals surface area contributed by atoms with E-state index in [1.54, 1.807) is 0 Å². The lowest BCUT2D eigenvalue weighted by atomic mass is 10.0. The van der Waals surface area contributed by atoms with E-state index in [-0.39, 0.29) is 36.2 Å². The minimum atomic E-state index is -0.875. The second-order valence-electron chi connectivity index (χ2n) is 18.4. The van der Waals surface area contributed by atoms with Crippen molar-refractivity contribution in [2.45, 2.75) is 251 Å². The van der Waals surface area contributed by atoms with Gasteiger partial charge in [0.25, 0.3) is 0 Å². The van der Waals surface area contributed by atoms with Gasteiger partial charge in [-0.1, -0.05) is 179 Å². The molecule has 0 aromatic rings. The Balaban J connectivity index is 4.21. The molecule has 0 aliphatic rings. The summed E-state index contributed by atoms with van der Waals surface area (Å²) in [5, 5.41) is 9.64. The van der Waals surface area contributed by atoms with E-state index in [4.69, 9.17) is 14.2 Å². The zero-order valence-electron chi connectivity index (χ0n) is 40.2. The molecule has 0 saturated heterocycles. The van der Waals surface area contributed by atoms with Gasteiger partial charge in [0.05, 0.1) is 34.4 Å². The largest absolute Gasteiger partial charge is 0.477 e. The first kappa shape index (κ1) is 57.8. The highest BCUT2D eigenvalue weighted by molar-refractivity contribution is 5.72. The molecular formula is C52H98NO7+. The molecule has 0 aromatic heterocycles. The van der Waals surface area contributed by atoms with Crippen molar-refractivity contribution in [1.29, 1.82) is 0 Å². The van der Waals surface area contributed by atoms with Gasteiger partial charge in [-0.05, 0) is 64.2 Å². The van der Waals surface area contributed by atoms with Gasteiger partial charge in [-0.3, -0.25) is 9.59 Å². The van der Waals surface area contributed by atoms with Crippen molar-refractivity contribution in [3.8, 4) is 0 Å². The number of carbonyl (C=O) groups is 3. The second-order valence-corrected chi connectivity index (χ2v) is 18.4. The van der Waals surface area contributed by atoms with Crippen LogP contribution in [-0.2, 0) is 28.6 Å². The fourth-order valence-corrected chi connectivity index (χ4v) is 7.61. The molecule has 0 aromatic carbocycles. The molecule has 352 valence electrons. The zero-order valence-corrected chi connectivity index (χ0v) is 40.2. The topological polar surface area (TPSA) is 99.1 Å². The van der Waals surface area contributed by atoms with E-state index in [2.05, 4.69) is 38.2 Å². The number of ether oxygens (including phenoxy) is 3. The summed E-state index contributed by atoms with van der Waals surface area (Å²) in [7, 11) is 5.53. The van der Waals surface area contributed by atoms with Crippen LogP contribution in [0.1, 0.15) is 239 Å². The molecule has 60 heavy (non-hydrogen) atoms. The SMILES string of the molecule is CCCCCCCC/C=C/CCCCCC(=O)OCC(COCCC(C(=O)O)[N+](C)(C)C)OC(=O)CCCCCCCCC/C=C/CCCCCCCCCCCCCC. The summed E-state index contributed by atoms with van der Waals surface area (Å²) in [6.45, 7) is 4.74. The number of carboxylic acid groups (broad SMARTS) is 1. The van der Waals surface area contributed by atoms with Crippen molar-refractivity contribution in [1.82, 2.24) is 0 Å². The Morgan fingerprint density at radius 3 is 1.22 bits per heavy atom. The highest BCUT2D eigenvalue weighted by Gasteiger charge is 2.31. The Morgan fingerprint density at radius 2 is 0.833 bits per heavy atom. The molecule has 1 N–H and O–H groups in total. The smallest absolute Gasteiger partial charge is 0.362 e. The number of carbonyl (C=O) groups excluding carboxylic acids is 2. The van der Waals surface area contributed by atoms with Gasteiger partial charge in [-0.2, -0.15) is 0 Å². The molecule has 0 aliphatic heterocycles. The van der Waals surface area contributed by atoms with Gasteiger partial charge in [-0.25, -0.2) is 4.79 Å². The number of carboxylic acids is 1. The molecule has 0 bridgehead atoms. The average Bonchev–Trinajstić information content (AvgIpc) is 3.21. The lowest BCUT2D eigenvalue weighted by Crippen LogP contribution is -2.50. The minimum Gasteiger partial charge on any atom is -0.477 e. The first-order chi connectivity index (χ1) is 29.1. The summed E-state index contributed by atoms with van der Waals surface area (Å²) in [6, 6.07) is -0.615. The lowest BCUT2D eigenvalue weighted by Gasteiger charge is -2.31. The van der Waals surface area contributed by atoms with E-state index in [9.17, 15) is 19.5 Å². The Morgan fingerprint density at radius 1 is 0.483 bits per heavy atom. The molecule has 0 aliphatic carbocycles. The van der Waals surface area contributed by atoms with Crippen molar-refractivity contribution in [2.75, 3.05) is 41.0 Å². The van der Waals surface area contributed by atoms with E-state index in [0.29, 0.717) is 19.3 Å². The number of unbranched alkanes of at least 4 members (excludes halogenated alkanes) is 28. The third-order valence-electron chi connectivity index (χ3n) is 11.6. The van der Waals surface area contributed by atoms with E-state index in [1.807, 2.05) is 21.1 Å². The maximum absolute atomic E-state index is 12.8. The quantitative estimate of drug-likeness (QED) is 0.0282. The van der Waals surface area contributed by atoms with Crippen LogP contribution in [0.3, 0.4) is 0 Å². The molecule has 8 nitrogen and oxygen atoms in total. The molecule has 0 heterocycles. The molecule has 0 rings (SSSR count). The standard InChI is InChI=1S/C52H97NO7/c1-6-8-10-12-14-16-18-20-21-22-23-24-25-26-27-28-29-31-33-35-37-39-41-43-51(55)60-48(46-58-45-44-49(52(56)57)53(3,4)5)47-59-50(54)42-40-38-36-34-32-30-19-17-15-13-11-9-7-2/h26-27,30,32,48-49H,6-25,28-29,31,33-47H2,1-5H3/p+1/b27-26+,32-30+. The van der Waals surface area contributed by atoms with Crippen LogP contribution >= 0.6 is 0 Å². The highest BCUT2D eigenvalue weighted by atomic mass is 16.6. The van der Waals surface area contributed by atoms with E-state index < -0.39 is 18.1 Å². The van der Waals surface area contributed by atoms with Crippen molar-refractivity contribution < 1.29 is 38.2 Å². The maximum Gasteiger partial charge on any atom is 0.362 e. The first-order valence-electron chi connectivity index (χ1n) is 25.4. The Kier molecular flexibility index (Phi) is 41.9. The molecule has 2 unspecified atom stereocenters. The third kappa shape index (κ3) is 41.2. The number of likely N-dealkylation sites (N-methyl/N-ethyl adjacent to an activating group) is 1. The third-order valence-corrected chi connectivity index (χ3v) is 11.6. The number of quaternary nitrogens is 1. The summed E-state index contributed by atoms with van der Waals surface area (Å²) in [6.07, 6.45) is 49.5. The molecule has 0 radical (unpaired) electrons. The van der Waals surface area contributed by atoms with Gasteiger partial charge in [0, 0.05) is 19.3 Å². The number of rotatable bonds is 46. The van der Waals surface area contributed by atoms with Gasteiger partial charge < -0.3 is 23.8 Å². The van der Waals surface area contributed by atoms with E-state index >= 15 is 0 Å². The fraction of sp³-hybridized carbons (Fsp3) is 0.865. The molecular weight excluding hydrogens is 751 g/mol. The normalized spacial score (nSPS) is 13.0. The Labute approximate surface area is 371 Å². The summed E-state index contributed by atoms with van der Waals surface area (Å²) >= 11 is 0. The average molecular weight is 849 g/mol. The molecule has 8 heteroatoms. The van der Waals surface area contributed by atoms with Crippen LogP contribution < -0.4 is 0 Å². The van der Waals surface area contributed by atoms with Crippen LogP contribution in [0, 0.1) is 0 Å². The van der Waals surface area contributed by atoms with Gasteiger partial charge >= 0.3 is 17.9 Å². The minimum absolute atomic E-state index is 0.0575. The predicted molar refractivity (Wildman–Crippen MR) is 252 cm³/mol. The number of hydrogen-bond donors (Lipinski definition) is 1. The number of nitrogens with zero attached hydrogens (tertiary/aromatic N) is 1. The molecule has 2 atom stereocenters. The monoisotopic (exact) mass is 849 g/mol. The Hall–Kier alpha value is -2.19. The van der Waals surface area contributed by atoms with Crippen LogP contribution in [0.5, 0.6) is 0 Å². The summed E-state index contributed by atoms with van der Waals surface area (Å²) in [5.41, 5.74) is 0. The van der Waals surface area contributed by atoms with Crippen LogP contribution in [0.15, 0.2) is 24.3 Å². The predicted octanol–water partition coefficient (Wildman–Crippen LogP) is 14.4. The van der Waals surface area contributed by atoms with E-state index in [0.717, 1.165) is 51.4 Å². The Bertz CT molecular complexity index is 1040. The zero-order chi connectivity index (χ0) is 44.2. The van der Waals surface area contributed by atoms with Gasteiger partial charge in [0.2, 0.25) is 0 Å². The summed E-state index contributed by atoms with van der Waals surface area (Å²) in [5.74, 6) is -1.48. The van der Waals surface area contributed by atoms with Gasteiger partial charge in [0.1, 0.15) is 6.61 Å². The maximum atomic E-state index is 12.8. The number of aliphatic carboxylic acids is 1. The van der Waals surface area contributed by atoms with Crippen LogP contribution in [0.25, 0.3) is 0 Å². The lowest BCUT2D eigenvalue weighted by molar-refractivity contribution is -0.887. The first-order valence-corrected chi connectivity index (χ1v) is 25.4. The fourth-order valence-electron chi connectivity index (χ4n) is 7.61. The van der Waals surface area contributed by atoms with Crippen molar-refractivity contribution >= 4 is 17.9 Å².